The third-order valence-corrected chi connectivity index (χ3v) is 10.6. The van der Waals surface area contributed by atoms with E-state index in [-0.39, 0.29) is 49.1 Å². The maximum absolute atomic E-state index is 14.4. The van der Waals surface area contributed by atoms with E-state index in [4.69, 9.17) is 29.2 Å². The molecule has 2 aliphatic rings. The van der Waals surface area contributed by atoms with Crippen LogP contribution >= 0.6 is 7.67 Å². The van der Waals surface area contributed by atoms with Crippen molar-refractivity contribution in [2.45, 2.75) is 128 Å². The molecule has 2 aromatic heterocycles. The Balaban J connectivity index is 1.47. The van der Waals surface area contributed by atoms with E-state index >= 15 is 0 Å². The summed E-state index contributed by atoms with van der Waals surface area (Å²) >= 11 is 0. The second-order valence-corrected chi connectivity index (χ2v) is 15.2. The Labute approximate surface area is 283 Å². The monoisotopic (exact) mass is 695 g/mol. The molecule has 0 bridgehead atoms. The molecule has 4 unspecified atom stereocenters. The second-order valence-electron chi connectivity index (χ2n) is 13.3. The van der Waals surface area contributed by atoms with E-state index in [0.29, 0.717) is 24.0 Å². The van der Waals surface area contributed by atoms with Crippen LogP contribution in [0.3, 0.4) is 0 Å². The molecule has 2 fully saturated rings. The number of nitrogen functional groups attached to an aromatic ring is 1. The number of carbonyl (C=O) groups excluding carboxylic acids is 2. The van der Waals surface area contributed by atoms with E-state index in [0.717, 1.165) is 64.2 Å². The average Bonchev–Trinajstić information content (AvgIpc) is 3.50. The average molecular weight is 696 g/mol. The Morgan fingerprint density at radius 2 is 1.62 bits per heavy atom. The van der Waals surface area contributed by atoms with Crippen molar-refractivity contribution < 1.29 is 37.6 Å². The highest BCUT2D eigenvalue weighted by atomic mass is 31.2. The maximum Gasteiger partial charge on any atom is 0.342 e. The van der Waals surface area contributed by atoms with Gasteiger partial charge in [-0.05, 0) is 77.0 Å². The maximum atomic E-state index is 14.4. The van der Waals surface area contributed by atoms with Crippen molar-refractivity contribution in [1.82, 2.24) is 29.7 Å². The van der Waals surface area contributed by atoms with Gasteiger partial charge in [-0.1, -0.05) is 26.7 Å². The van der Waals surface area contributed by atoms with E-state index in [9.17, 15) is 14.2 Å². The number of nitrogens with one attached hydrogen (secondary N) is 2. The van der Waals surface area contributed by atoms with Crippen LogP contribution in [0.1, 0.15) is 104 Å². The van der Waals surface area contributed by atoms with Crippen molar-refractivity contribution in [3.8, 4) is 5.88 Å². The number of esters is 2. The van der Waals surface area contributed by atoms with Crippen molar-refractivity contribution in [2.24, 2.45) is 5.92 Å². The van der Waals surface area contributed by atoms with Gasteiger partial charge < -0.3 is 33.8 Å². The van der Waals surface area contributed by atoms with Crippen LogP contribution in [-0.4, -0.2) is 83.2 Å². The van der Waals surface area contributed by atoms with Gasteiger partial charge in [0.05, 0.1) is 26.1 Å². The summed E-state index contributed by atoms with van der Waals surface area (Å²) in [4.78, 5) is 39.1. The van der Waals surface area contributed by atoms with Crippen molar-refractivity contribution >= 4 is 36.7 Å². The molecule has 16 heteroatoms. The van der Waals surface area contributed by atoms with Crippen LogP contribution in [0, 0.1) is 5.92 Å². The smallest absolute Gasteiger partial charge is 0.342 e. The number of fused-ring (bicyclic) bond motifs is 1. The summed E-state index contributed by atoms with van der Waals surface area (Å²) in [6.45, 7) is 5.42. The number of imidazole rings is 1. The molecule has 0 aromatic carbocycles. The number of aromatic nitrogens is 4. The summed E-state index contributed by atoms with van der Waals surface area (Å²) in [7, 11) is -1.01. The third-order valence-electron chi connectivity index (χ3n) is 8.89. The van der Waals surface area contributed by atoms with Gasteiger partial charge >= 0.3 is 19.6 Å². The first-order chi connectivity index (χ1) is 23.0. The zero-order chi connectivity index (χ0) is 34.7. The fourth-order valence-electron chi connectivity index (χ4n) is 6.30. The molecule has 4 N–H and O–H groups in total. The molecular weight excluding hydrogens is 641 g/mol. The van der Waals surface area contributed by atoms with Crippen molar-refractivity contribution in [3.63, 3.8) is 0 Å². The predicted molar refractivity (Wildman–Crippen MR) is 180 cm³/mol. The van der Waals surface area contributed by atoms with Gasteiger partial charge in [0.25, 0.3) is 0 Å². The quantitative estimate of drug-likeness (QED) is 0.142. The van der Waals surface area contributed by atoms with Gasteiger partial charge in [0.15, 0.2) is 11.2 Å². The minimum Gasteiger partial charge on any atom is -0.479 e. The minimum absolute atomic E-state index is 0.0537. The summed E-state index contributed by atoms with van der Waals surface area (Å²) in [5, 5.41) is 5.71. The largest absolute Gasteiger partial charge is 0.479 e. The minimum atomic E-state index is -4.03. The number of hydrogen-bond acceptors (Lipinski definition) is 12. The fraction of sp³-hybridized carbons (Fsp3) is 0.781. The standard InChI is InChI=1S/C32H54N7O8P/c1-21(2)16-26(31(41)47-24-14-10-7-11-15-24)38-48(42,35-18-27(40)46-23-12-8-6-9-13-23)45-19-25(43-4)17-22(3)39-20-34-28-29(39)36-32(33)37-30(28)44-5/h20-26H,6-19H2,1-5H3,(H2,33,36,37)(H2,35,38,42). The first kappa shape index (κ1) is 38.0. The van der Waals surface area contributed by atoms with Crippen LogP contribution in [0.25, 0.3) is 11.2 Å². The van der Waals surface area contributed by atoms with Crippen LogP contribution in [0.4, 0.5) is 5.95 Å². The van der Waals surface area contributed by atoms with Gasteiger partial charge in [-0.25, -0.2) is 15.2 Å². The van der Waals surface area contributed by atoms with Crippen molar-refractivity contribution in [3.05, 3.63) is 6.33 Å². The highest BCUT2D eigenvalue weighted by Gasteiger charge is 2.35. The molecular formula is C32H54N7O8P. The molecule has 0 saturated heterocycles. The zero-order valence-corrected chi connectivity index (χ0v) is 29.9. The molecule has 2 heterocycles. The zero-order valence-electron chi connectivity index (χ0n) is 29.0. The molecule has 48 heavy (non-hydrogen) atoms. The highest BCUT2D eigenvalue weighted by Crippen LogP contribution is 2.40. The molecule has 2 aliphatic carbocycles. The van der Waals surface area contributed by atoms with Crippen molar-refractivity contribution in [1.29, 1.82) is 0 Å². The van der Waals surface area contributed by atoms with E-state index < -0.39 is 31.8 Å². The molecule has 2 saturated carbocycles. The first-order valence-corrected chi connectivity index (χ1v) is 18.9. The Morgan fingerprint density at radius 1 is 0.979 bits per heavy atom. The Bertz CT molecular complexity index is 1380. The molecule has 0 amide bonds. The first-order valence-electron chi connectivity index (χ1n) is 17.2. The topological polar surface area (TPSA) is 191 Å². The lowest BCUT2D eigenvalue weighted by Gasteiger charge is -2.30. The number of methoxy groups -OCH3 is 2. The summed E-state index contributed by atoms with van der Waals surface area (Å²) in [6.07, 6.45) is 11.1. The lowest BCUT2D eigenvalue weighted by Crippen LogP contribution is -2.43. The Hall–Kier alpha value is -2.84. The third kappa shape index (κ3) is 11.1. The van der Waals surface area contributed by atoms with Crippen LogP contribution < -0.4 is 20.6 Å². The summed E-state index contributed by atoms with van der Waals surface area (Å²) in [6, 6.07) is -1.12. The van der Waals surface area contributed by atoms with Gasteiger partial charge in [0.1, 0.15) is 24.8 Å². The van der Waals surface area contributed by atoms with Gasteiger partial charge in [-0.15, -0.1) is 0 Å². The second kappa shape index (κ2) is 18.2. The lowest BCUT2D eigenvalue weighted by molar-refractivity contribution is -0.153. The Kier molecular flexibility index (Phi) is 14.4. The van der Waals surface area contributed by atoms with Crippen LogP contribution in [-0.2, 0) is 32.9 Å². The number of nitrogens with two attached hydrogens (primary N) is 1. The van der Waals surface area contributed by atoms with Crippen molar-refractivity contribution in [2.75, 3.05) is 33.1 Å². The van der Waals surface area contributed by atoms with Gasteiger partial charge in [-0.2, -0.15) is 9.97 Å². The number of anilines is 1. The van der Waals surface area contributed by atoms with Gasteiger partial charge in [-0.3, -0.25) is 14.2 Å². The van der Waals surface area contributed by atoms with E-state index in [1.807, 2.05) is 25.3 Å². The number of carbonyl (C=O) groups is 2. The SMILES string of the molecule is COc1nc(N)nc2c1ncn2C(C)CC(COP(=O)(NCC(=O)OC1CCCCC1)NC(CC(C)C)C(=O)OC1CCCCC1)OC. The molecule has 4 atom stereocenters. The van der Waals surface area contributed by atoms with E-state index in [1.54, 1.807) is 6.33 Å². The number of nitrogens with zero attached hydrogens (tertiary/aromatic N) is 4. The molecule has 0 radical (unpaired) electrons. The molecule has 0 aliphatic heterocycles. The normalized spacial score (nSPS) is 19.5. The van der Waals surface area contributed by atoms with Crippen LogP contribution in [0.2, 0.25) is 0 Å². The molecule has 0 spiro atoms. The number of rotatable bonds is 18. The van der Waals surface area contributed by atoms with Crippen LogP contribution in [0.15, 0.2) is 6.33 Å². The van der Waals surface area contributed by atoms with Gasteiger partial charge in [0, 0.05) is 13.2 Å². The van der Waals surface area contributed by atoms with E-state index in [2.05, 4.69) is 25.1 Å². The summed E-state index contributed by atoms with van der Waals surface area (Å²) in [5.74, 6) is -0.601. The summed E-state index contributed by atoms with van der Waals surface area (Å²) in [5.41, 5.74) is 6.87. The fourth-order valence-corrected chi connectivity index (χ4v) is 7.89. The number of ether oxygens (including phenoxy) is 4. The predicted octanol–water partition coefficient (Wildman–Crippen LogP) is 4.85. The number of hydrogen-bond donors (Lipinski definition) is 3. The van der Waals surface area contributed by atoms with Crippen LogP contribution in [0.5, 0.6) is 5.88 Å². The summed E-state index contributed by atoms with van der Waals surface area (Å²) < 4.78 is 44.9. The van der Waals surface area contributed by atoms with Gasteiger partial charge in [0.2, 0.25) is 11.8 Å². The molecule has 2 aromatic rings. The lowest BCUT2D eigenvalue weighted by atomic mass is 9.97. The highest BCUT2D eigenvalue weighted by molar-refractivity contribution is 7.54. The molecule has 15 nitrogen and oxygen atoms in total. The van der Waals surface area contributed by atoms with E-state index in [1.165, 1.54) is 14.2 Å². The molecule has 4 rings (SSSR count). The molecule has 270 valence electrons. The Morgan fingerprint density at radius 3 is 2.23 bits per heavy atom.